The molecule has 1 saturated heterocycles. The normalized spacial score (nSPS) is 16.4. The number of hydrogen-bond donors (Lipinski definition) is 0. The van der Waals surface area contributed by atoms with Gasteiger partial charge in [0.25, 0.3) is 5.91 Å². The molecule has 0 N–H and O–H groups in total. The fraction of sp³-hybridized carbons (Fsp3) is 0.364. The van der Waals surface area contributed by atoms with E-state index in [2.05, 4.69) is 4.98 Å². The Morgan fingerprint density at radius 1 is 1.07 bits per heavy atom. The molecule has 2 heterocycles. The SMILES string of the molecule is O=C(C(=O)N1CCCCC1C(=O)OCCCc1cccnc1)c1ccccc1. The van der Waals surface area contributed by atoms with Gasteiger partial charge in [0.1, 0.15) is 6.04 Å². The van der Waals surface area contributed by atoms with E-state index in [0.717, 1.165) is 24.8 Å². The number of esters is 1. The van der Waals surface area contributed by atoms with Crippen LogP contribution in [-0.4, -0.2) is 46.7 Å². The van der Waals surface area contributed by atoms with Crippen LogP contribution < -0.4 is 0 Å². The molecule has 1 fully saturated rings. The molecule has 1 aliphatic heterocycles. The Balaban J connectivity index is 1.55. The van der Waals surface area contributed by atoms with Gasteiger partial charge in [0, 0.05) is 24.5 Å². The largest absolute Gasteiger partial charge is 0.464 e. The molecule has 0 saturated carbocycles. The van der Waals surface area contributed by atoms with Gasteiger partial charge in [-0.05, 0) is 43.7 Å². The highest BCUT2D eigenvalue weighted by Crippen LogP contribution is 2.20. The summed E-state index contributed by atoms with van der Waals surface area (Å²) < 4.78 is 5.40. The zero-order chi connectivity index (χ0) is 19.8. The Labute approximate surface area is 164 Å². The van der Waals surface area contributed by atoms with Crippen molar-refractivity contribution >= 4 is 17.7 Å². The number of benzene rings is 1. The highest BCUT2D eigenvalue weighted by molar-refractivity contribution is 6.43. The molecule has 0 radical (unpaired) electrons. The van der Waals surface area contributed by atoms with Crippen molar-refractivity contribution in [2.75, 3.05) is 13.2 Å². The molecule has 2 aromatic rings. The second-order valence-electron chi connectivity index (χ2n) is 6.84. The van der Waals surface area contributed by atoms with Gasteiger partial charge < -0.3 is 9.64 Å². The number of Topliss-reactive ketones (excluding diaryl/α,β-unsaturated/α-hetero) is 1. The number of ether oxygens (including phenoxy) is 1. The summed E-state index contributed by atoms with van der Waals surface area (Å²) in [7, 11) is 0. The lowest BCUT2D eigenvalue weighted by molar-refractivity contribution is -0.155. The van der Waals surface area contributed by atoms with Crippen molar-refractivity contribution in [2.45, 2.75) is 38.1 Å². The number of ketones is 1. The number of carbonyl (C=O) groups is 3. The third kappa shape index (κ3) is 5.03. The number of nitrogens with zero attached hydrogens (tertiary/aromatic N) is 2. The van der Waals surface area contributed by atoms with E-state index in [1.807, 2.05) is 12.1 Å². The van der Waals surface area contributed by atoms with Crippen LogP contribution in [0, 0.1) is 0 Å². The highest BCUT2D eigenvalue weighted by Gasteiger charge is 2.36. The second kappa shape index (κ2) is 9.78. The predicted octanol–water partition coefficient (Wildman–Crippen LogP) is 2.82. The summed E-state index contributed by atoms with van der Waals surface area (Å²) in [5.74, 6) is -1.65. The van der Waals surface area contributed by atoms with E-state index in [1.165, 1.54) is 4.90 Å². The molecule has 6 nitrogen and oxygen atoms in total. The van der Waals surface area contributed by atoms with Crippen LogP contribution in [0.1, 0.15) is 41.6 Å². The molecule has 1 aromatic carbocycles. The van der Waals surface area contributed by atoms with Gasteiger partial charge in [-0.3, -0.25) is 14.6 Å². The lowest BCUT2D eigenvalue weighted by Crippen LogP contribution is -2.51. The van der Waals surface area contributed by atoms with Crippen LogP contribution in [0.25, 0.3) is 0 Å². The minimum atomic E-state index is -0.688. The number of likely N-dealkylation sites (tertiary alicyclic amines) is 1. The monoisotopic (exact) mass is 380 g/mol. The van der Waals surface area contributed by atoms with Crippen LogP contribution in [0.4, 0.5) is 0 Å². The Bertz CT molecular complexity index is 808. The van der Waals surface area contributed by atoms with Crippen molar-refractivity contribution in [3.05, 3.63) is 66.0 Å². The highest BCUT2D eigenvalue weighted by atomic mass is 16.5. The zero-order valence-corrected chi connectivity index (χ0v) is 15.8. The third-order valence-electron chi connectivity index (χ3n) is 4.84. The molecule has 6 heteroatoms. The van der Waals surface area contributed by atoms with Gasteiger partial charge in [-0.2, -0.15) is 0 Å². The number of hydrogen-bond acceptors (Lipinski definition) is 5. The van der Waals surface area contributed by atoms with E-state index in [-0.39, 0.29) is 6.61 Å². The molecule has 0 spiro atoms. The summed E-state index contributed by atoms with van der Waals surface area (Å²) in [5.41, 5.74) is 1.42. The van der Waals surface area contributed by atoms with Crippen molar-refractivity contribution in [3.8, 4) is 0 Å². The van der Waals surface area contributed by atoms with E-state index in [4.69, 9.17) is 4.74 Å². The Kier molecular flexibility index (Phi) is 6.89. The first-order valence-corrected chi connectivity index (χ1v) is 9.62. The van der Waals surface area contributed by atoms with Gasteiger partial charge in [0.15, 0.2) is 0 Å². The summed E-state index contributed by atoms with van der Waals surface area (Å²) in [6.07, 6.45) is 7.09. The number of aryl methyl sites for hydroxylation is 1. The summed E-state index contributed by atoms with van der Waals surface area (Å²) in [5, 5.41) is 0. The first-order chi connectivity index (χ1) is 13.7. The lowest BCUT2D eigenvalue weighted by atomic mass is 10.0. The maximum absolute atomic E-state index is 12.7. The molecular formula is C22H24N2O4. The van der Waals surface area contributed by atoms with Crippen LogP contribution in [0.3, 0.4) is 0 Å². The molecule has 1 atom stereocenters. The summed E-state index contributed by atoms with van der Waals surface area (Å²) >= 11 is 0. The molecule has 1 unspecified atom stereocenters. The van der Waals surface area contributed by atoms with Crippen molar-refractivity contribution in [1.29, 1.82) is 0 Å². The lowest BCUT2D eigenvalue weighted by Gasteiger charge is -2.33. The van der Waals surface area contributed by atoms with Crippen molar-refractivity contribution in [2.24, 2.45) is 0 Å². The van der Waals surface area contributed by atoms with Crippen LogP contribution in [0.5, 0.6) is 0 Å². The molecule has 0 aliphatic carbocycles. The van der Waals surface area contributed by atoms with E-state index in [1.54, 1.807) is 42.7 Å². The topological polar surface area (TPSA) is 76.6 Å². The number of piperidine rings is 1. The quantitative estimate of drug-likeness (QED) is 0.319. The summed E-state index contributed by atoms with van der Waals surface area (Å²) in [4.78, 5) is 43.1. The molecule has 3 rings (SSSR count). The molecule has 1 amide bonds. The molecular weight excluding hydrogens is 356 g/mol. The van der Waals surface area contributed by atoms with E-state index in [0.29, 0.717) is 24.9 Å². The standard InChI is InChI=1S/C22H24N2O4/c25-20(18-10-2-1-3-11-18)21(26)24-14-5-4-12-19(24)22(27)28-15-7-9-17-8-6-13-23-16-17/h1-3,6,8,10-11,13,16,19H,4-5,7,9,12,14-15H2. The average Bonchev–Trinajstić information content (AvgIpc) is 2.77. The Morgan fingerprint density at radius 3 is 2.64 bits per heavy atom. The number of pyridine rings is 1. The van der Waals surface area contributed by atoms with Crippen molar-refractivity contribution in [3.63, 3.8) is 0 Å². The van der Waals surface area contributed by atoms with Crippen LogP contribution >= 0.6 is 0 Å². The van der Waals surface area contributed by atoms with E-state index in [9.17, 15) is 14.4 Å². The molecule has 28 heavy (non-hydrogen) atoms. The van der Waals surface area contributed by atoms with Gasteiger partial charge in [-0.25, -0.2) is 4.79 Å². The first kappa shape index (κ1) is 19.7. The fourth-order valence-electron chi connectivity index (χ4n) is 3.35. The maximum atomic E-state index is 12.7. The average molecular weight is 380 g/mol. The van der Waals surface area contributed by atoms with Crippen LogP contribution in [0.15, 0.2) is 54.9 Å². The van der Waals surface area contributed by atoms with Crippen LogP contribution in [0.2, 0.25) is 0 Å². The van der Waals surface area contributed by atoms with E-state index >= 15 is 0 Å². The van der Waals surface area contributed by atoms with Gasteiger partial charge in [-0.1, -0.05) is 36.4 Å². The summed E-state index contributed by atoms with van der Waals surface area (Å²) in [6, 6.07) is 11.6. The smallest absolute Gasteiger partial charge is 0.328 e. The Morgan fingerprint density at radius 2 is 1.89 bits per heavy atom. The van der Waals surface area contributed by atoms with Crippen molar-refractivity contribution < 1.29 is 19.1 Å². The number of carbonyl (C=O) groups excluding carboxylic acids is 3. The molecule has 0 bridgehead atoms. The minimum Gasteiger partial charge on any atom is -0.464 e. The predicted molar refractivity (Wildman–Crippen MR) is 104 cm³/mol. The van der Waals surface area contributed by atoms with Gasteiger partial charge in [0.05, 0.1) is 6.61 Å². The maximum Gasteiger partial charge on any atom is 0.328 e. The molecule has 1 aromatic heterocycles. The zero-order valence-electron chi connectivity index (χ0n) is 15.8. The molecule has 1 aliphatic rings. The van der Waals surface area contributed by atoms with Crippen molar-refractivity contribution in [1.82, 2.24) is 9.88 Å². The summed E-state index contributed by atoms with van der Waals surface area (Å²) in [6.45, 7) is 0.672. The number of rotatable bonds is 7. The third-order valence-corrected chi connectivity index (χ3v) is 4.84. The van der Waals surface area contributed by atoms with E-state index < -0.39 is 23.7 Å². The Hall–Kier alpha value is -3.02. The van der Waals surface area contributed by atoms with Gasteiger partial charge in [-0.15, -0.1) is 0 Å². The number of amides is 1. The molecule has 146 valence electrons. The first-order valence-electron chi connectivity index (χ1n) is 9.62. The minimum absolute atomic E-state index is 0.277. The van der Waals surface area contributed by atoms with Crippen LogP contribution in [-0.2, 0) is 20.7 Å². The number of aromatic nitrogens is 1. The second-order valence-corrected chi connectivity index (χ2v) is 6.84. The van der Waals surface area contributed by atoms with Gasteiger partial charge >= 0.3 is 5.97 Å². The van der Waals surface area contributed by atoms with Gasteiger partial charge in [0.2, 0.25) is 5.78 Å². The fourth-order valence-corrected chi connectivity index (χ4v) is 3.35.